The number of hydrogen-bond acceptors (Lipinski definition) is 3. The van der Waals surface area contributed by atoms with Crippen LogP contribution in [0.15, 0.2) is 5.16 Å². The van der Waals surface area contributed by atoms with Crippen molar-refractivity contribution in [2.75, 3.05) is 20.3 Å². The lowest BCUT2D eigenvalue weighted by molar-refractivity contribution is 0.0740. The monoisotopic (exact) mass is 185 g/mol. The summed E-state index contributed by atoms with van der Waals surface area (Å²) < 4.78 is 4.85. The second-order valence-electron chi connectivity index (χ2n) is 3.67. The summed E-state index contributed by atoms with van der Waals surface area (Å²) >= 11 is 0. The first-order valence-electron chi connectivity index (χ1n) is 4.99. The molecule has 3 heteroatoms. The van der Waals surface area contributed by atoms with Crippen LogP contribution in [0.25, 0.3) is 0 Å². The van der Waals surface area contributed by atoms with Crippen molar-refractivity contribution in [1.82, 2.24) is 0 Å². The maximum Gasteiger partial charge on any atom is 0.140 e. The Kier molecular flexibility index (Phi) is 4.83. The van der Waals surface area contributed by atoms with E-state index in [9.17, 15) is 0 Å². The number of rotatable bonds is 4. The van der Waals surface area contributed by atoms with E-state index in [-0.39, 0.29) is 0 Å². The van der Waals surface area contributed by atoms with E-state index < -0.39 is 0 Å². The van der Waals surface area contributed by atoms with Crippen molar-refractivity contribution in [2.24, 2.45) is 11.1 Å². The molecular formula is C10H19NO2. The number of oxime groups is 1. The summed E-state index contributed by atoms with van der Waals surface area (Å²) in [5.74, 6) is 0.859. The molecule has 0 atom stereocenters. The third-order valence-corrected chi connectivity index (χ3v) is 2.42. The van der Waals surface area contributed by atoms with Crippen LogP contribution in [0, 0.1) is 5.92 Å². The number of methoxy groups -OCH3 is 1. The Bertz CT molecular complexity index is 158. The van der Waals surface area contributed by atoms with E-state index in [4.69, 9.17) is 9.57 Å². The van der Waals surface area contributed by atoms with E-state index in [1.54, 1.807) is 7.11 Å². The molecule has 0 aromatic heterocycles. The fourth-order valence-corrected chi connectivity index (χ4v) is 1.44. The van der Waals surface area contributed by atoms with Gasteiger partial charge in [0, 0.05) is 7.11 Å². The molecule has 0 heterocycles. The molecule has 13 heavy (non-hydrogen) atoms. The highest BCUT2D eigenvalue weighted by atomic mass is 16.6. The van der Waals surface area contributed by atoms with Crippen LogP contribution < -0.4 is 0 Å². The molecule has 0 spiro atoms. The zero-order valence-electron chi connectivity index (χ0n) is 8.58. The first-order chi connectivity index (χ1) is 6.33. The molecule has 0 amide bonds. The van der Waals surface area contributed by atoms with Crippen LogP contribution in [-0.4, -0.2) is 26.0 Å². The highest BCUT2D eigenvalue weighted by Gasteiger charge is 2.13. The van der Waals surface area contributed by atoms with Gasteiger partial charge in [0.05, 0.1) is 12.3 Å². The molecule has 1 aliphatic carbocycles. The van der Waals surface area contributed by atoms with E-state index in [2.05, 4.69) is 12.1 Å². The lowest BCUT2D eigenvalue weighted by atomic mass is 9.90. The second kappa shape index (κ2) is 5.97. The minimum Gasteiger partial charge on any atom is -0.393 e. The van der Waals surface area contributed by atoms with Crippen molar-refractivity contribution < 1.29 is 9.57 Å². The minimum atomic E-state index is 0.565. The molecule has 76 valence electrons. The average Bonchev–Trinajstić information content (AvgIpc) is 2.15. The second-order valence-corrected chi connectivity index (χ2v) is 3.67. The van der Waals surface area contributed by atoms with E-state index in [1.165, 1.54) is 18.6 Å². The molecule has 1 rings (SSSR count). The average molecular weight is 185 g/mol. The third kappa shape index (κ3) is 4.27. The molecule has 0 unspecified atom stereocenters. The van der Waals surface area contributed by atoms with Crippen molar-refractivity contribution >= 4 is 5.71 Å². The van der Waals surface area contributed by atoms with Gasteiger partial charge in [0.25, 0.3) is 0 Å². The van der Waals surface area contributed by atoms with Gasteiger partial charge in [-0.1, -0.05) is 12.1 Å². The van der Waals surface area contributed by atoms with Crippen molar-refractivity contribution in [3.63, 3.8) is 0 Å². The summed E-state index contributed by atoms with van der Waals surface area (Å²) in [7, 11) is 1.67. The van der Waals surface area contributed by atoms with Gasteiger partial charge in [-0.3, -0.25) is 0 Å². The maximum atomic E-state index is 5.11. The molecule has 0 N–H and O–H groups in total. The normalized spacial score (nSPS) is 22.9. The van der Waals surface area contributed by atoms with Crippen molar-refractivity contribution in [2.45, 2.75) is 32.6 Å². The number of ether oxygens (including phenoxy) is 1. The molecule has 0 saturated heterocycles. The summed E-state index contributed by atoms with van der Waals surface area (Å²) in [5, 5.41) is 4.09. The smallest absolute Gasteiger partial charge is 0.140 e. The van der Waals surface area contributed by atoms with E-state index in [0.29, 0.717) is 13.2 Å². The van der Waals surface area contributed by atoms with Crippen molar-refractivity contribution in [3.8, 4) is 0 Å². The molecule has 1 saturated carbocycles. The molecule has 0 aromatic rings. The van der Waals surface area contributed by atoms with E-state index in [1.807, 2.05) is 0 Å². The Hall–Kier alpha value is -0.570. The van der Waals surface area contributed by atoms with E-state index >= 15 is 0 Å². The molecule has 0 aromatic carbocycles. The van der Waals surface area contributed by atoms with Gasteiger partial charge in [-0.15, -0.1) is 0 Å². The highest BCUT2D eigenvalue weighted by molar-refractivity contribution is 5.84. The Morgan fingerprint density at radius 2 is 2.00 bits per heavy atom. The Morgan fingerprint density at radius 3 is 2.62 bits per heavy atom. The van der Waals surface area contributed by atoms with Gasteiger partial charge >= 0.3 is 0 Å². The van der Waals surface area contributed by atoms with Crippen LogP contribution in [-0.2, 0) is 9.57 Å². The van der Waals surface area contributed by atoms with Crippen LogP contribution >= 0.6 is 0 Å². The predicted molar refractivity (Wildman–Crippen MR) is 52.9 cm³/mol. The molecule has 0 radical (unpaired) electrons. The summed E-state index contributed by atoms with van der Waals surface area (Å²) in [4.78, 5) is 5.11. The van der Waals surface area contributed by atoms with Gasteiger partial charge < -0.3 is 9.57 Å². The number of nitrogens with zero attached hydrogens (tertiary/aromatic N) is 1. The quantitative estimate of drug-likeness (QED) is 0.496. The summed E-state index contributed by atoms with van der Waals surface area (Å²) in [6.45, 7) is 3.48. The Labute approximate surface area is 80.1 Å². The third-order valence-electron chi connectivity index (χ3n) is 2.42. The van der Waals surface area contributed by atoms with Gasteiger partial charge in [-0.2, -0.15) is 0 Å². The molecule has 1 aliphatic rings. The van der Waals surface area contributed by atoms with Crippen LogP contribution in [0.2, 0.25) is 0 Å². The zero-order chi connectivity index (χ0) is 9.52. The Morgan fingerprint density at radius 1 is 1.31 bits per heavy atom. The zero-order valence-corrected chi connectivity index (χ0v) is 8.58. The standard InChI is InChI=1S/C10H19NO2/c1-9-3-5-10(6-4-9)11-13-8-7-12-2/h9H,3-8H2,1-2H3. The first kappa shape index (κ1) is 10.5. The lowest BCUT2D eigenvalue weighted by Gasteiger charge is -2.18. The highest BCUT2D eigenvalue weighted by Crippen LogP contribution is 2.21. The van der Waals surface area contributed by atoms with Crippen molar-refractivity contribution in [1.29, 1.82) is 0 Å². The summed E-state index contributed by atoms with van der Waals surface area (Å²) in [5.41, 5.74) is 1.22. The maximum absolute atomic E-state index is 5.11. The van der Waals surface area contributed by atoms with Crippen LogP contribution in [0.3, 0.4) is 0 Å². The van der Waals surface area contributed by atoms with Crippen molar-refractivity contribution in [3.05, 3.63) is 0 Å². The van der Waals surface area contributed by atoms with Gasteiger partial charge in [0.15, 0.2) is 0 Å². The topological polar surface area (TPSA) is 30.8 Å². The van der Waals surface area contributed by atoms with Crippen LogP contribution in [0.1, 0.15) is 32.6 Å². The molecule has 0 bridgehead atoms. The first-order valence-corrected chi connectivity index (χ1v) is 4.99. The van der Waals surface area contributed by atoms with Crippen LogP contribution in [0.4, 0.5) is 0 Å². The SMILES string of the molecule is COCCON=C1CCC(C)CC1. The fraction of sp³-hybridized carbons (Fsp3) is 0.900. The molecule has 0 aliphatic heterocycles. The number of hydrogen-bond donors (Lipinski definition) is 0. The fourth-order valence-electron chi connectivity index (χ4n) is 1.44. The molecule has 1 fully saturated rings. The predicted octanol–water partition coefficient (Wildman–Crippen LogP) is 2.22. The molecule has 3 nitrogen and oxygen atoms in total. The lowest BCUT2D eigenvalue weighted by Crippen LogP contribution is -2.12. The van der Waals surface area contributed by atoms with Crippen LogP contribution in [0.5, 0.6) is 0 Å². The largest absolute Gasteiger partial charge is 0.393 e. The van der Waals surface area contributed by atoms with Gasteiger partial charge in [-0.25, -0.2) is 0 Å². The van der Waals surface area contributed by atoms with Gasteiger partial charge in [-0.05, 0) is 31.6 Å². The summed E-state index contributed by atoms with van der Waals surface area (Å²) in [6, 6.07) is 0. The summed E-state index contributed by atoms with van der Waals surface area (Å²) in [6.07, 6.45) is 4.72. The van der Waals surface area contributed by atoms with E-state index in [0.717, 1.165) is 18.8 Å². The van der Waals surface area contributed by atoms with Gasteiger partial charge in [0.2, 0.25) is 0 Å². The molecular weight excluding hydrogens is 166 g/mol. The minimum absolute atomic E-state index is 0.565. The Balaban J connectivity index is 2.12. The van der Waals surface area contributed by atoms with Gasteiger partial charge in [0.1, 0.15) is 6.61 Å².